The fourth-order valence-electron chi connectivity index (χ4n) is 4.47. The zero-order valence-electron chi connectivity index (χ0n) is 21.1. The Balaban J connectivity index is 1.65. The van der Waals surface area contributed by atoms with Crippen LogP contribution in [0, 0.1) is 0 Å². The van der Waals surface area contributed by atoms with Crippen molar-refractivity contribution in [2.45, 2.75) is 37.2 Å². The molecule has 0 saturated carbocycles. The molecular weight excluding hydrogens is 561 g/mol. The summed E-state index contributed by atoms with van der Waals surface area (Å²) in [5.41, 5.74) is 1.47. The average Bonchev–Trinajstić information content (AvgIpc) is 3.11. The second-order valence-corrected chi connectivity index (χ2v) is 11.7. The molecule has 4 rings (SSSR count). The van der Waals surface area contributed by atoms with Crippen molar-refractivity contribution in [1.29, 1.82) is 0 Å². The lowest BCUT2D eigenvalue weighted by Crippen LogP contribution is -2.51. The number of halogens is 2. The summed E-state index contributed by atoms with van der Waals surface area (Å²) in [5.74, 6) is -1.56. The van der Waals surface area contributed by atoms with Gasteiger partial charge in [0.25, 0.3) is 15.9 Å². The molecule has 0 bridgehead atoms. The van der Waals surface area contributed by atoms with Gasteiger partial charge in [-0.15, -0.1) is 0 Å². The van der Waals surface area contributed by atoms with Gasteiger partial charge in [0.1, 0.15) is 10.9 Å². The quantitative estimate of drug-likeness (QED) is 0.381. The minimum atomic E-state index is -4.08. The first-order valence-electron chi connectivity index (χ1n) is 12.3. The van der Waals surface area contributed by atoms with Crippen LogP contribution in [0.25, 0.3) is 0 Å². The third-order valence-corrected chi connectivity index (χ3v) is 8.85. The SMILES string of the molecule is CCNC(=O)[C@@H](Cc1ccccc1)N(Cc1ccc(Cl)cc1Cl)C(=O)CCN1C(=O)c2ccccc2S1(=O)=O. The van der Waals surface area contributed by atoms with Crippen molar-refractivity contribution >= 4 is 50.9 Å². The Kier molecular flexibility index (Phi) is 8.94. The van der Waals surface area contributed by atoms with Gasteiger partial charge in [-0.25, -0.2) is 12.7 Å². The number of sulfonamides is 1. The number of likely N-dealkylation sites (N-methyl/N-ethyl adjacent to an activating group) is 1. The molecule has 0 radical (unpaired) electrons. The van der Waals surface area contributed by atoms with E-state index in [9.17, 15) is 22.8 Å². The van der Waals surface area contributed by atoms with Crippen LogP contribution in [-0.2, 0) is 32.6 Å². The number of hydrogen-bond donors (Lipinski definition) is 1. The number of nitrogens with one attached hydrogen (secondary N) is 1. The molecule has 3 amide bonds. The molecule has 1 aliphatic rings. The van der Waals surface area contributed by atoms with E-state index in [1.807, 2.05) is 30.3 Å². The summed E-state index contributed by atoms with van der Waals surface area (Å²) in [7, 11) is -4.08. The van der Waals surface area contributed by atoms with E-state index in [4.69, 9.17) is 23.2 Å². The molecule has 1 atom stereocenters. The fraction of sp³-hybridized carbons (Fsp3) is 0.250. The van der Waals surface area contributed by atoms with Gasteiger partial charge < -0.3 is 10.2 Å². The maximum atomic E-state index is 13.8. The van der Waals surface area contributed by atoms with Crippen molar-refractivity contribution in [3.63, 3.8) is 0 Å². The summed E-state index contributed by atoms with van der Waals surface area (Å²) in [5, 5.41) is 3.53. The topological polar surface area (TPSA) is 104 Å². The summed E-state index contributed by atoms with van der Waals surface area (Å²) >= 11 is 12.5. The summed E-state index contributed by atoms with van der Waals surface area (Å²) < 4.78 is 26.7. The first-order chi connectivity index (χ1) is 18.6. The van der Waals surface area contributed by atoms with Gasteiger partial charge in [0, 0.05) is 42.5 Å². The number of nitrogens with zero attached hydrogens (tertiary/aromatic N) is 2. The van der Waals surface area contributed by atoms with E-state index in [2.05, 4.69) is 5.32 Å². The van der Waals surface area contributed by atoms with E-state index < -0.39 is 27.9 Å². The molecule has 39 heavy (non-hydrogen) atoms. The second-order valence-electron chi connectivity index (χ2n) is 8.99. The van der Waals surface area contributed by atoms with Crippen LogP contribution >= 0.6 is 23.2 Å². The third kappa shape index (κ3) is 6.27. The predicted molar refractivity (Wildman–Crippen MR) is 149 cm³/mol. The van der Waals surface area contributed by atoms with Gasteiger partial charge in [0.15, 0.2) is 0 Å². The second kappa shape index (κ2) is 12.2. The van der Waals surface area contributed by atoms with E-state index in [0.29, 0.717) is 26.5 Å². The lowest BCUT2D eigenvalue weighted by atomic mass is 10.0. The molecule has 204 valence electrons. The van der Waals surface area contributed by atoms with Gasteiger partial charge in [-0.3, -0.25) is 14.4 Å². The van der Waals surface area contributed by atoms with Gasteiger partial charge in [0.05, 0.1) is 5.56 Å². The standard InChI is InChI=1S/C28H27Cl2N3O5S/c1-2-31-27(35)24(16-19-8-4-3-5-9-19)32(18-20-12-13-21(29)17-23(20)30)26(34)14-15-33-28(36)22-10-6-7-11-25(22)39(33,37)38/h3-13,17,24H,2,14-16,18H2,1H3,(H,31,35)/t24-/m1/s1. The summed E-state index contributed by atoms with van der Waals surface area (Å²) in [4.78, 5) is 41.2. The maximum Gasteiger partial charge on any atom is 0.269 e. The van der Waals surface area contributed by atoms with E-state index in [1.165, 1.54) is 23.1 Å². The minimum Gasteiger partial charge on any atom is -0.355 e. The molecule has 1 aliphatic heterocycles. The van der Waals surface area contributed by atoms with Crippen molar-refractivity contribution in [3.05, 3.63) is 99.5 Å². The molecule has 11 heteroatoms. The lowest BCUT2D eigenvalue weighted by molar-refractivity contribution is -0.141. The van der Waals surface area contributed by atoms with E-state index in [1.54, 1.807) is 31.2 Å². The summed E-state index contributed by atoms with van der Waals surface area (Å²) in [6.07, 6.45) is -0.106. The Labute approximate surface area is 237 Å². The fourth-order valence-corrected chi connectivity index (χ4v) is 6.51. The number of benzene rings is 3. The summed E-state index contributed by atoms with van der Waals surface area (Å²) in [6.45, 7) is 1.74. The predicted octanol–water partition coefficient (Wildman–Crippen LogP) is 4.30. The van der Waals surface area contributed by atoms with E-state index in [0.717, 1.165) is 5.56 Å². The van der Waals surface area contributed by atoms with E-state index >= 15 is 0 Å². The molecule has 3 aromatic carbocycles. The number of amides is 3. The zero-order chi connectivity index (χ0) is 28.2. The Bertz CT molecular complexity index is 1500. The van der Waals surface area contributed by atoms with Crippen LogP contribution in [-0.4, -0.2) is 54.5 Å². The lowest BCUT2D eigenvalue weighted by Gasteiger charge is -2.32. The zero-order valence-corrected chi connectivity index (χ0v) is 23.5. The van der Waals surface area contributed by atoms with Crippen LogP contribution in [0.2, 0.25) is 10.0 Å². The van der Waals surface area contributed by atoms with Crippen LogP contribution in [0.5, 0.6) is 0 Å². The van der Waals surface area contributed by atoms with Gasteiger partial charge in [-0.1, -0.05) is 71.7 Å². The summed E-state index contributed by atoms with van der Waals surface area (Å²) in [6, 6.07) is 19.1. The van der Waals surface area contributed by atoms with Crippen LogP contribution in [0.1, 0.15) is 34.8 Å². The molecule has 0 aromatic heterocycles. The largest absolute Gasteiger partial charge is 0.355 e. The first kappa shape index (κ1) is 28.6. The highest BCUT2D eigenvalue weighted by molar-refractivity contribution is 7.90. The highest BCUT2D eigenvalue weighted by Gasteiger charge is 2.41. The Hall–Kier alpha value is -3.40. The monoisotopic (exact) mass is 587 g/mol. The molecular formula is C28H27Cl2N3O5S. The highest BCUT2D eigenvalue weighted by Crippen LogP contribution is 2.30. The number of carbonyl (C=O) groups excluding carboxylic acids is 3. The Morgan fingerprint density at radius 1 is 1.00 bits per heavy atom. The van der Waals surface area contributed by atoms with Gasteiger partial charge in [-0.05, 0) is 42.3 Å². The Morgan fingerprint density at radius 2 is 1.69 bits per heavy atom. The van der Waals surface area contributed by atoms with Gasteiger partial charge in [-0.2, -0.15) is 0 Å². The third-order valence-electron chi connectivity index (χ3n) is 6.42. The van der Waals surface area contributed by atoms with Gasteiger partial charge in [0.2, 0.25) is 11.8 Å². The van der Waals surface area contributed by atoms with Crippen LogP contribution in [0.3, 0.4) is 0 Å². The van der Waals surface area contributed by atoms with Gasteiger partial charge >= 0.3 is 0 Å². The Morgan fingerprint density at radius 3 is 2.36 bits per heavy atom. The molecule has 0 aliphatic carbocycles. The average molecular weight is 589 g/mol. The molecule has 0 unspecified atom stereocenters. The molecule has 8 nitrogen and oxygen atoms in total. The molecule has 3 aromatic rings. The normalized spacial score (nSPS) is 14.5. The van der Waals surface area contributed by atoms with E-state index in [-0.39, 0.29) is 42.3 Å². The maximum absolute atomic E-state index is 13.8. The van der Waals surface area contributed by atoms with Crippen LogP contribution in [0.15, 0.2) is 77.7 Å². The van der Waals surface area contributed by atoms with Crippen molar-refractivity contribution in [1.82, 2.24) is 14.5 Å². The first-order valence-corrected chi connectivity index (χ1v) is 14.5. The van der Waals surface area contributed by atoms with Crippen LogP contribution < -0.4 is 5.32 Å². The molecule has 1 heterocycles. The van der Waals surface area contributed by atoms with Crippen molar-refractivity contribution in [2.75, 3.05) is 13.1 Å². The minimum absolute atomic E-state index is 0.0234. The molecule has 1 N–H and O–H groups in total. The molecule has 0 saturated heterocycles. The highest BCUT2D eigenvalue weighted by atomic mass is 35.5. The molecule has 0 fully saturated rings. The molecule has 0 spiro atoms. The van der Waals surface area contributed by atoms with Crippen LogP contribution in [0.4, 0.5) is 0 Å². The van der Waals surface area contributed by atoms with Crippen molar-refractivity contribution < 1.29 is 22.8 Å². The number of fused-ring (bicyclic) bond motifs is 1. The van der Waals surface area contributed by atoms with Crippen molar-refractivity contribution in [2.24, 2.45) is 0 Å². The number of carbonyl (C=O) groups is 3. The number of rotatable bonds is 10. The van der Waals surface area contributed by atoms with Crippen molar-refractivity contribution in [3.8, 4) is 0 Å². The smallest absolute Gasteiger partial charge is 0.269 e. The number of hydrogen-bond acceptors (Lipinski definition) is 5.